The molecule has 1 heterocycles. The van der Waals surface area contributed by atoms with E-state index < -0.39 is 0 Å². The molecule has 4 nitrogen and oxygen atoms in total. The van der Waals surface area contributed by atoms with Gasteiger partial charge in [0.1, 0.15) is 12.4 Å². The minimum Gasteiger partial charge on any atom is -0.481 e. The van der Waals surface area contributed by atoms with Gasteiger partial charge in [0.05, 0.1) is 0 Å². The predicted molar refractivity (Wildman–Crippen MR) is 108 cm³/mol. The molecule has 0 bridgehead atoms. The summed E-state index contributed by atoms with van der Waals surface area (Å²) in [6.07, 6.45) is 9.96. The molecule has 1 aliphatic heterocycles. The second-order valence-electron chi connectivity index (χ2n) is 7.48. The highest BCUT2D eigenvalue weighted by Crippen LogP contribution is 2.50. The van der Waals surface area contributed by atoms with Crippen molar-refractivity contribution in [1.29, 1.82) is 0 Å². The molecular weight excluding hydrogens is 350 g/mol. The maximum Gasteiger partial charge on any atom is 0.161 e. The van der Waals surface area contributed by atoms with Crippen LogP contribution in [0.15, 0.2) is 46.8 Å². The van der Waals surface area contributed by atoms with Crippen LogP contribution in [0.3, 0.4) is 0 Å². The van der Waals surface area contributed by atoms with Crippen LogP contribution in [-0.2, 0) is 9.59 Å². The van der Waals surface area contributed by atoms with E-state index in [1.165, 1.54) is 0 Å². The molecule has 3 aliphatic rings. The third-order valence-corrected chi connectivity index (χ3v) is 5.94. The summed E-state index contributed by atoms with van der Waals surface area (Å²) in [5, 5.41) is 0. The molecular formula is C24H25NO3. The number of benzene rings is 1. The van der Waals surface area contributed by atoms with E-state index >= 15 is 0 Å². The van der Waals surface area contributed by atoms with Gasteiger partial charge in [-0.1, -0.05) is 24.1 Å². The Kier molecular flexibility index (Phi) is 5.09. The fourth-order valence-electron chi connectivity index (χ4n) is 4.88. The average molecular weight is 375 g/mol. The fraction of sp³-hybridized carbons (Fsp3) is 0.417. The van der Waals surface area contributed by atoms with Gasteiger partial charge in [0.25, 0.3) is 0 Å². The van der Waals surface area contributed by atoms with Gasteiger partial charge in [-0.2, -0.15) is 0 Å². The Morgan fingerprint density at radius 2 is 1.64 bits per heavy atom. The molecule has 0 N–H and O–H groups in total. The summed E-state index contributed by atoms with van der Waals surface area (Å²) >= 11 is 0. The van der Waals surface area contributed by atoms with E-state index in [2.05, 4.69) is 17.7 Å². The molecule has 0 fully saturated rings. The van der Waals surface area contributed by atoms with E-state index in [0.29, 0.717) is 18.6 Å². The standard InChI is InChI=1S/C24H25NO3/c1-3-15-28-21-14-6-5-9-16(21)22-23-17(10-7-12-19(23)26)25(4-2)18-11-8-13-20(27)24(18)22/h1,5-6,9,14,22H,4,7-8,10-13,15H2,2H3. The third-order valence-electron chi connectivity index (χ3n) is 5.94. The van der Waals surface area contributed by atoms with Gasteiger partial charge in [0.2, 0.25) is 0 Å². The first-order valence-electron chi connectivity index (χ1n) is 10.1. The molecule has 2 aliphatic carbocycles. The minimum atomic E-state index is -0.345. The highest BCUT2D eigenvalue weighted by atomic mass is 16.5. The molecule has 4 rings (SSSR count). The lowest BCUT2D eigenvalue weighted by Crippen LogP contribution is -2.39. The van der Waals surface area contributed by atoms with Crippen molar-refractivity contribution in [2.75, 3.05) is 13.2 Å². The van der Waals surface area contributed by atoms with Crippen molar-refractivity contribution in [2.45, 2.75) is 51.4 Å². The van der Waals surface area contributed by atoms with E-state index in [4.69, 9.17) is 11.2 Å². The summed E-state index contributed by atoms with van der Waals surface area (Å²) in [7, 11) is 0. The molecule has 1 aromatic carbocycles. The van der Waals surface area contributed by atoms with Crippen molar-refractivity contribution in [3.8, 4) is 18.1 Å². The Bertz CT molecular complexity index is 887. The smallest absolute Gasteiger partial charge is 0.161 e. The van der Waals surface area contributed by atoms with Gasteiger partial charge in [-0.25, -0.2) is 0 Å². The number of ketones is 2. The van der Waals surface area contributed by atoms with Crippen LogP contribution >= 0.6 is 0 Å². The van der Waals surface area contributed by atoms with E-state index in [1.54, 1.807) is 0 Å². The lowest BCUT2D eigenvalue weighted by Gasteiger charge is -2.43. The number of allylic oxidation sites excluding steroid dienone is 4. The first-order valence-corrected chi connectivity index (χ1v) is 10.1. The second kappa shape index (κ2) is 7.67. The molecule has 0 amide bonds. The maximum absolute atomic E-state index is 13.1. The molecule has 0 unspecified atom stereocenters. The SMILES string of the molecule is C#CCOc1ccccc1C1C2=C(CCCC2=O)N(CC)C2=C1C(=O)CCC2. The van der Waals surface area contributed by atoms with Gasteiger partial charge in [-0.05, 0) is 38.7 Å². The molecule has 0 aromatic heterocycles. The second-order valence-corrected chi connectivity index (χ2v) is 7.48. The number of carbonyl (C=O) groups excluding carboxylic acids is 2. The largest absolute Gasteiger partial charge is 0.481 e. The number of carbonyl (C=O) groups is 2. The zero-order valence-electron chi connectivity index (χ0n) is 16.3. The van der Waals surface area contributed by atoms with E-state index in [9.17, 15) is 9.59 Å². The molecule has 28 heavy (non-hydrogen) atoms. The van der Waals surface area contributed by atoms with Gasteiger partial charge in [-0.3, -0.25) is 9.59 Å². The summed E-state index contributed by atoms with van der Waals surface area (Å²) in [5.41, 5.74) is 4.66. The summed E-state index contributed by atoms with van der Waals surface area (Å²) < 4.78 is 5.81. The van der Waals surface area contributed by atoms with Crippen LogP contribution in [0.1, 0.15) is 56.9 Å². The highest BCUT2D eigenvalue weighted by Gasteiger charge is 2.43. The Balaban J connectivity index is 1.95. The number of ether oxygens (including phenoxy) is 1. The van der Waals surface area contributed by atoms with E-state index in [1.807, 2.05) is 24.3 Å². The number of para-hydroxylation sites is 1. The Labute approximate surface area is 166 Å². The van der Waals surface area contributed by atoms with Gasteiger partial charge in [-0.15, -0.1) is 6.42 Å². The van der Waals surface area contributed by atoms with Crippen molar-refractivity contribution in [1.82, 2.24) is 4.90 Å². The van der Waals surface area contributed by atoms with Crippen LogP contribution in [0.5, 0.6) is 5.75 Å². The van der Waals surface area contributed by atoms with Crippen LogP contribution in [0.2, 0.25) is 0 Å². The van der Waals surface area contributed by atoms with Crippen LogP contribution in [0.4, 0.5) is 0 Å². The first kappa shape index (κ1) is 18.6. The summed E-state index contributed by atoms with van der Waals surface area (Å²) in [4.78, 5) is 28.4. The zero-order valence-corrected chi connectivity index (χ0v) is 16.3. The van der Waals surface area contributed by atoms with Crippen molar-refractivity contribution in [3.05, 3.63) is 52.4 Å². The van der Waals surface area contributed by atoms with Gasteiger partial charge in [0.15, 0.2) is 11.6 Å². The highest BCUT2D eigenvalue weighted by molar-refractivity contribution is 6.06. The van der Waals surface area contributed by atoms with Crippen LogP contribution in [-0.4, -0.2) is 29.6 Å². The van der Waals surface area contributed by atoms with Gasteiger partial charge < -0.3 is 9.64 Å². The average Bonchev–Trinajstić information content (AvgIpc) is 2.71. The quantitative estimate of drug-likeness (QED) is 0.743. The lowest BCUT2D eigenvalue weighted by molar-refractivity contribution is -0.117. The fourth-order valence-corrected chi connectivity index (χ4v) is 4.88. The number of terminal acetylenes is 1. The van der Waals surface area contributed by atoms with Crippen molar-refractivity contribution in [3.63, 3.8) is 0 Å². The molecule has 4 heteroatoms. The van der Waals surface area contributed by atoms with Crippen LogP contribution < -0.4 is 4.74 Å². The number of rotatable bonds is 4. The topological polar surface area (TPSA) is 46.6 Å². The number of hydrogen-bond acceptors (Lipinski definition) is 4. The normalized spacial score (nSPS) is 20.1. The maximum atomic E-state index is 13.1. The number of Topliss-reactive ketones (excluding diaryl/α,β-unsaturated/α-hetero) is 2. The lowest BCUT2D eigenvalue weighted by atomic mass is 9.70. The summed E-state index contributed by atoms with van der Waals surface area (Å²) in [6.45, 7) is 3.03. The van der Waals surface area contributed by atoms with Crippen LogP contribution in [0.25, 0.3) is 0 Å². The van der Waals surface area contributed by atoms with Crippen molar-refractivity contribution < 1.29 is 14.3 Å². The Hall–Kier alpha value is -2.80. The Morgan fingerprint density at radius 3 is 2.21 bits per heavy atom. The summed E-state index contributed by atoms with van der Waals surface area (Å²) in [5.74, 6) is 3.13. The van der Waals surface area contributed by atoms with Gasteiger partial charge >= 0.3 is 0 Å². The third kappa shape index (κ3) is 2.96. The molecule has 144 valence electrons. The number of hydrogen-bond donors (Lipinski definition) is 0. The molecule has 0 atom stereocenters. The molecule has 0 radical (unpaired) electrons. The molecule has 0 saturated carbocycles. The predicted octanol–water partition coefficient (Wildman–Crippen LogP) is 4.13. The van der Waals surface area contributed by atoms with Gasteiger partial charge in [0, 0.05) is 53.4 Å². The van der Waals surface area contributed by atoms with Crippen LogP contribution in [0, 0.1) is 12.3 Å². The van der Waals surface area contributed by atoms with Crippen molar-refractivity contribution in [2.24, 2.45) is 0 Å². The first-order chi connectivity index (χ1) is 13.7. The minimum absolute atomic E-state index is 0.154. The molecule has 1 aromatic rings. The van der Waals surface area contributed by atoms with Crippen molar-refractivity contribution >= 4 is 11.6 Å². The van der Waals surface area contributed by atoms with E-state index in [0.717, 1.165) is 60.3 Å². The summed E-state index contributed by atoms with van der Waals surface area (Å²) in [6, 6.07) is 7.68. The monoisotopic (exact) mass is 375 g/mol. The molecule has 0 spiro atoms. The Morgan fingerprint density at radius 1 is 1.04 bits per heavy atom. The number of nitrogens with zero attached hydrogens (tertiary/aromatic N) is 1. The van der Waals surface area contributed by atoms with E-state index in [-0.39, 0.29) is 24.1 Å². The zero-order chi connectivity index (χ0) is 19.7. The molecule has 0 saturated heterocycles.